The number of hydrogen-bond acceptors (Lipinski definition) is 2. The van der Waals surface area contributed by atoms with E-state index in [2.05, 4.69) is 13.8 Å². The van der Waals surface area contributed by atoms with Crippen molar-refractivity contribution in [2.45, 2.75) is 77.2 Å². The largest absolute Gasteiger partial charge is 0.489 e. The van der Waals surface area contributed by atoms with Gasteiger partial charge < -0.3 is 9.84 Å². The number of carboxylic acids is 1. The van der Waals surface area contributed by atoms with E-state index in [1.807, 2.05) is 42.5 Å². The summed E-state index contributed by atoms with van der Waals surface area (Å²) < 4.78 is 48.1. The molecule has 0 spiro atoms. The first-order valence-corrected chi connectivity index (χ1v) is 13.8. The van der Waals surface area contributed by atoms with Crippen LogP contribution in [0.5, 0.6) is 5.75 Å². The van der Waals surface area contributed by atoms with Crippen LogP contribution >= 0.6 is 0 Å². The number of ether oxygens (including phenoxy) is 1. The first-order chi connectivity index (χ1) is 18.6. The predicted molar refractivity (Wildman–Crippen MR) is 146 cm³/mol. The van der Waals surface area contributed by atoms with Gasteiger partial charge in [-0.2, -0.15) is 0 Å². The van der Waals surface area contributed by atoms with Gasteiger partial charge in [-0.25, -0.2) is 13.2 Å². The van der Waals surface area contributed by atoms with E-state index in [1.54, 1.807) is 0 Å². The Balaban J connectivity index is 1.44. The van der Waals surface area contributed by atoms with Crippen LogP contribution < -0.4 is 4.74 Å². The molecule has 0 radical (unpaired) electrons. The maximum absolute atomic E-state index is 15.0. The molecule has 3 aromatic rings. The molecule has 1 N–H and O–H groups in total. The van der Waals surface area contributed by atoms with Crippen LogP contribution in [0.15, 0.2) is 60.7 Å². The maximum atomic E-state index is 15.0. The van der Waals surface area contributed by atoms with Crippen LogP contribution in [0.1, 0.15) is 92.9 Å². The average Bonchev–Trinajstić information content (AvgIpc) is 3.68. The van der Waals surface area contributed by atoms with E-state index in [1.165, 1.54) is 6.07 Å². The second-order valence-electron chi connectivity index (χ2n) is 11.8. The first kappa shape index (κ1) is 27.3. The summed E-state index contributed by atoms with van der Waals surface area (Å²) in [6.07, 6.45) is 2.60. The fourth-order valence-corrected chi connectivity index (χ4v) is 6.27. The summed E-state index contributed by atoms with van der Waals surface area (Å²) >= 11 is 0. The molecule has 2 atom stereocenters. The third-order valence-corrected chi connectivity index (χ3v) is 8.56. The van der Waals surface area contributed by atoms with E-state index in [-0.39, 0.29) is 41.4 Å². The normalized spacial score (nSPS) is 19.3. The van der Waals surface area contributed by atoms with Crippen molar-refractivity contribution in [1.29, 1.82) is 0 Å². The molecular formula is C33H35F3O3. The van der Waals surface area contributed by atoms with Gasteiger partial charge in [0.25, 0.3) is 6.43 Å². The van der Waals surface area contributed by atoms with Crippen molar-refractivity contribution < 1.29 is 27.8 Å². The van der Waals surface area contributed by atoms with Gasteiger partial charge in [-0.1, -0.05) is 56.7 Å². The summed E-state index contributed by atoms with van der Waals surface area (Å²) in [6.45, 7) is 4.71. The molecule has 5 rings (SSSR count). The number of halogens is 3. The Bertz CT molecular complexity index is 1350. The van der Waals surface area contributed by atoms with Crippen LogP contribution in [-0.2, 0) is 11.4 Å². The van der Waals surface area contributed by atoms with Crippen LogP contribution in [0.3, 0.4) is 0 Å². The number of hydrogen-bond donors (Lipinski definition) is 1. The van der Waals surface area contributed by atoms with Crippen molar-refractivity contribution in [3.8, 4) is 16.9 Å². The van der Waals surface area contributed by atoms with Gasteiger partial charge in [-0.05, 0) is 95.4 Å². The van der Waals surface area contributed by atoms with Gasteiger partial charge in [0, 0.05) is 11.1 Å². The Labute approximate surface area is 228 Å². The number of carbonyl (C=O) groups is 1. The summed E-state index contributed by atoms with van der Waals surface area (Å²) in [5, 5.41) is 9.37. The molecule has 0 bridgehead atoms. The smallest absolute Gasteiger partial charge is 0.303 e. The minimum atomic E-state index is -2.67. The summed E-state index contributed by atoms with van der Waals surface area (Å²) in [4.78, 5) is 11.4. The standard InChI is InChI=1S/C33H35F3O3/c1-33(2)14-4-7-29(33)27-15-20(8-12-25(27)28-17-23(32(35)36)11-13-30(28)34)19-39-24-6-3-5-22(16-24)26(18-31(37)38)21-9-10-21/h3,5-6,8,11-13,15-17,21,26,29,32H,4,7,9-10,14,18-19H2,1-2H3,(H,37,38). The van der Waals surface area contributed by atoms with E-state index >= 15 is 0 Å². The number of aliphatic carboxylic acids is 1. The second kappa shape index (κ2) is 11.1. The Morgan fingerprint density at radius 3 is 2.46 bits per heavy atom. The molecule has 0 saturated heterocycles. The third kappa shape index (κ3) is 6.15. The van der Waals surface area contributed by atoms with Crippen LogP contribution in [0.4, 0.5) is 13.2 Å². The zero-order chi connectivity index (χ0) is 27.7. The molecule has 6 heteroatoms. The molecule has 0 aliphatic heterocycles. The quantitative estimate of drug-likeness (QED) is 0.281. The minimum Gasteiger partial charge on any atom is -0.489 e. The minimum absolute atomic E-state index is 0.00132. The number of benzene rings is 3. The van der Waals surface area contributed by atoms with Crippen molar-refractivity contribution in [1.82, 2.24) is 0 Å². The van der Waals surface area contributed by atoms with Gasteiger partial charge >= 0.3 is 5.97 Å². The van der Waals surface area contributed by atoms with Crippen molar-refractivity contribution >= 4 is 5.97 Å². The van der Waals surface area contributed by atoms with Crippen LogP contribution in [0, 0.1) is 17.2 Å². The van der Waals surface area contributed by atoms with Crippen molar-refractivity contribution in [2.24, 2.45) is 11.3 Å². The van der Waals surface area contributed by atoms with Gasteiger partial charge in [0.1, 0.15) is 18.2 Å². The molecule has 2 aliphatic carbocycles. The molecule has 39 heavy (non-hydrogen) atoms. The maximum Gasteiger partial charge on any atom is 0.303 e. The molecule has 0 heterocycles. The molecular weight excluding hydrogens is 501 g/mol. The molecule has 206 valence electrons. The predicted octanol–water partition coefficient (Wildman–Crippen LogP) is 9.27. The summed E-state index contributed by atoms with van der Waals surface area (Å²) in [5.74, 6) is -0.0718. The highest BCUT2D eigenvalue weighted by molar-refractivity contribution is 5.70. The lowest BCUT2D eigenvalue weighted by atomic mass is 9.75. The highest BCUT2D eigenvalue weighted by Crippen LogP contribution is 2.51. The summed E-state index contributed by atoms with van der Waals surface area (Å²) in [6, 6.07) is 17.0. The second-order valence-corrected chi connectivity index (χ2v) is 11.8. The van der Waals surface area contributed by atoms with Gasteiger partial charge in [-0.3, -0.25) is 4.79 Å². The van der Waals surface area contributed by atoms with Crippen molar-refractivity contribution in [3.63, 3.8) is 0 Å². The topological polar surface area (TPSA) is 46.5 Å². The molecule has 2 saturated carbocycles. The van der Waals surface area contributed by atoms with Gasteiger partial charge in [0.05, 0.1) is 6.42 Å². The lowest BCUT2D eigenvalue weighted by Gasteiger charge is -2.30. The van der Waals surface area contributed by atoms with Gasteiger partial charge in [0.15, 0.2) is 0 Å². The summed E-state index contributed by atoms with van der Waals surface area (Å²) in [5.41, 5.74) is 3.53. The fourth-order valence-electron chi connectivity index (χ4n) is 6.27. The van der Waals surface area contributed by atoms with Gasteiger partial charge in [0.2, 0.25) is 0 Å². The monoisotopic (exact) mass is 536 g/mol. The number of rotatable bonds is 10. The lowest BCUT2D eigenvalue weighted by molar-refractivity contribution is -0.137. The Morgan fingerprint density at radius 1 is 1.00 bits per heavy atom. The average molecular weight is 537 g/mol. The van der Waals surface area contributed by atoms with E-state index < -0.39 is 18.2 Å². The van der Waals surface area contributed by atoms with E-state index in [4.69, 9.17) is 4.74 Å². The summed E-state index contributed by atoms with van der Waals surface area (Å²) in [7, 11) is 0. The Hall–Kier alpha value is -3.28. The molecule has 2 unspecified atom stereocenters. The molecule has 2 aliphatic rings. The van der Waals surface area contributed by atoms with Gasteiger partial charge in [-0.15, -0.1) is 0 Å². The zero-order valence-electron chi connectivity index (χ0n) is 22.4. The van der Waals surface area contributed by atoms with E-state index in [9.17, 15) is 23.1 Å². The lowest BCUT2D eigenvalue weighted by Crippen LogP contribution is -2.17. The highest BCUT2D eigenvalue weighted by Gasteiger charge is 2.37. The SMILES string of the molecule is CC1(C)CCCC1c1cc(COc2cccc(C(CC(=O)O)C3CC3)c2)ccc1-c1cc(C(F)F)ccc1F. The van der Waals surface area contributed by atoms with Crippen molar-refractivity contribution in [3.05, 3.63) is 88.7 Å². The first-order valence-electron chi connectivity index (χ1n) is 13.8. The molecule has 0 amide bonds. The highest BCUT2D eigenvalue weighted by atomic mass is 19.3. The number of alkyl halides is 2. The zero-order valence-corrected chi connectivity index (χ0v) is 22.4. The Kier molecular flexibility index (Phi) is 7.75. The molecule has 0 aromatic heterocycles. The molecule has 3 aromatic carbocycles. The third-order valence-electron chi connectivity index (χ3n) is 8.56. The molecule has 3 nitrogen and oxygen atoms in total. The van der Waals surface area contributed by atoms with E-state index in [0.29, 0.717) is 17.2 Å². The number of carboxylic acid groups (broad SMARTS) is 1. The van der Waals surface area contributed by atoms with Crippen LogP contribution in [0.25, 0.3) is 11.1 Å². The molecule has 2 fully saturated rings. The van der Waals surface area contributed by atoms with Crippen LogP contribution in [-0.4, -0.2) is 11.1 Å². The fraction of sp³-hybridized carbons (Fsp3) is 0.424. The van der Waals surface area contributed by atoms with Crippen molar-refractivity contribution in [2.75, 3.05) is 0 Å². The van der Waals surface area contributed by atoms with E-state index in [0.717, 1.165) is 60.9 Å². The Morgan fingerprint density at radius 2 is 1.79 bits per heavy atom. The van der Waals surface area contributed by atoms with Crippen LogP contribution in [0.2, 0.25) is 0 Å².